The molecule has 8 heteroatoms. The van der Waals surface area contributed by atoms with Crippen molar-refractivity contribution >= 4 is 21.6 Å². The SMILES string of the molecule is CCOc1ccc(NC(=O)COc2cccc(C)c2)cc1S(=O)(=O)N1CCCC1. The molecule has 29 heavy (non-hydrogen) atoms. The van der Waals surface area contributed by atoms with E-state index in [1.54, 1.807) is 25.1 Å². The Hall–Kier alpha value is -2.58. The minimum Gasteiger partial charge on any atom is -0.492 e. The van der Waals surface area contributed by atoms with Crippen LogP contribution in [0.25, 0.3) is 0 Å². The Kier molecular flexibility index (Phi) is 6.76. The van der Waals surface area contributed by atoms with Crippen molar-refractivity contribution in [3.8, 4) is 11.5 Å². The molecule has 0 unspecified atom stereocenters. The van der Waals surface area contributed by atoms with Crippen LogP contribution in [0.2, 0.25) is 0 Å². The molecule has 1 saturated heterocycles. The summed E-state index contributed by atoms with van der Waals surface area (Å²) in [4.78, 5) is 12.3. The summed E-state index contributed by atoms with van der Waals surface area (Å²) in [5.41, 5.74) is 1.41. The van der Waals surface area contributed by atoms with E-state index in [0.717, 1.165) is 18.4 Å². The van der Waals surface area contributed by atoms with Gasteiger partial charge in [0.15, 0.2) is 6.61 Å². The Morgan fingerprint density at radius 2 is 1.86 bits per heavy atom. The molecular weight excluding hydrogens is 392 g/mol. The summed E-state index contributed by atoms with van der Waals surface area (Å²) >= 11 is 0. The molecule has 2 aromatic rings. The first kappa shape index (κ1) is 21.1. The van der Waals surface area contributed by atoms with E-state index in [0.29, 0.717) is 31.1 Å². The van der Waals surface area contributed by atoms with Crippen LogP contribution in [-0.4, -0.2) is 44.9 Å². The van der Waals surface area contributed by atoms with Crippen LogP contribution in [0.5, 0.6) is 11.5 Å². The Morgan fingerprint density at radius 3 is 2.55 bits per heavy atom. The topological polar surface area (TPSA) is 84.9 Å². The number of sulfonamides is 1. The number of rotatable bonds is 8. The third-order valence-corrected chi connectivity index (χ3v) is 6.49. The van der Waals surface area contributed by atoms with Gasteiger partial charge >= 0.3 is 0 Å². The zero-order valence-corrected chi connectivity index (χ0v) is 17.5. The summed E-state index contributed by atoms with van der Waals surface area (Å²) in [6.45, 7) is 4.90. The van der Waals surface area contributed by atoms with E-state index in [-0.39, 0.29) is 23.2 Å². The van der Waals surface area contributed by atoms with Gasteiger partial charge in [-0.15, -0.1) is 0 Å². The number of hydrogen-bond donors (Lipinski definition) is 1. The summed E-state index contributed by atoms with van der Waals surface area (Å²) in [6.07, 6.45) is 1.69. The summed E-state index contributed by atoms with van der Waals surface area (Å²) in [7, 11) is -3.68. The quantitative estimate of drug-likeness (QED) is 0.712. The highest BCUT2D eigenvalue weighted by molar-refractivity contribution is 7.89. The zero-order valence-electron chi connectivity index (χ0n) is 16.7. The van der Waals surface area contributed by atoms with Crippen LogP contribution in [0.1, 0.15) is 25.3 Å². The van der Waals surface area contributed by atoms with Gasteiger partial charge in [-0.3, -0.25) is 4.79 Å². The van der Waals surface area contributed by atoms with Crippen molar-refractivity contribution < 1.29 is 22.7 Å². The maximum Gasteiger partial charge on any atom is 0.262 e. The molecule has 1 amide bonds. The molecule has 156 valence electrons. The van der Waals surface area contributed by atoms with E-state index in [9.17, 15) is 13.2 Å². The van der Waals surface area contributed by atoms with E-state index >= 15 is 0 Å². The molecule has 1 heterocycles. The van der Waals surface area contributed by atoms with Crippen molar-refractivity contribution in [2.45, 2.75) is 31.6 Å². The molecule has 0 radical (unpaired) electrons. The normalized spacial score (nSPS) is 14.6. The number of benzene rings is 2. The standard InChI is InChI=1S/C21H26N2O5S/c1-3-27-19-10-9-17(14-20(19)29(25,26)23-11-4-5-12-23)22-21(24)15-28-18-8-6-7-16(2)13-18/h6-10,13-14H,3-5,11-12,15H2,1-2H3,(H,22,24). The summed E-state index contributed by atoms with van der Waals surface area (Å²) in [5, 5.41) is 2.70. The highest BCUT2D eigenvalue weighted by Crippen LogP contribution is 2.31. The van der Waals surface area contributed by atoms with Gasteiger partial charge in [-0.2, -0.15) is 4.31 Å². The number of ether oxygens (including phenoxy) is 2. The van der Waals surface area contributed by atoms with Crippen LogP contribution >= 0.6 is 0 Å². The maximum absolute atomic E-state index is 13.0. The van der Waals surface area contributed by atoms with E-state index in [1.807, 2.05) is 25.1 Å². The zero-order chi connectivity index (χ0) is 20.9. The van der Waals surface area contributed by atoms with Crippen molar-refractivity contribution in [3.63, 3.8) is 0 Å². The van der Waals surface area contributed by atoms with Crippen molar-refractivity contribution in [3.05, 3.63) is 48.0 Å². The van der Waals surface area contributed by atoms with Gasteiger partial charge in [-0.05, 0) is 62.6 Å². The minimum absolute atomic E-state index is 0.0682. The van der Waals surface area contributed by atoms with E-state index in [2.05, 4.69) is 5.32 Å². The Balaban J connectivity index is 1.74. The molecule has 3 rings (SSSR count). The molecule has 1 fully saturated rings. The summed E-state index contributed by atoms with van der Waals surface area (Å²) in [5.74, 6) is 0.512. The molecule has 2 aromatic carbocycles. The van der Waals surface area contributed by atoms with Crippen LogP contribution in [0.4, 0.5) is 5.69 Å². The molecular formula is C21H26N2O5S. The van der Waals surface area contributed by atoms with Gasteiger partial charge in [0, 0.05) is 18.8 Å². The molecule has 0 atom stereocenters. The van der Waals surface area contributed by atoms with E-state index in [4.69, 9.17) is 9.47 Å². The third-order valence-electron chi connectivity index (χ3n) is 4.57. The lowest BCUT2D eigenvalue weighted by Crippen LogP contribution is -2.28. The van der Waals surface area contributed by atoms with Crippen molar-refractivity contribution in [2.24, 2.45) is 0 Å². The summed E-state index contributed by atoms with van der Waals surface area (Å²) < 4.78 is 38.5. The number of nitrogens with one attached hydrogen (secondary N) is 1. The number of hydrogen-bond acceptors (Lipinski definition) is 5. The lowest BCUT2D eigenvalue weighted by atomic mass is 10.2. The van der Waals surface area contributed by atoms with Gasteiger partial charge in [0.1, 0.15) is 16.4 Å². The van der Waals surface area contributed by atoms with Crippen molar-refractivity contribution in [1.82, 2.24) is 4.31 Å². The molecule has 0 aromatic heterocycles. The Labute approximate surface area is 171 Å². The molecule has 1 aliphatic heterocycles. The van der Waals surface area contributed by atoms with E-state index < -0.39 is 10.0 Å². The first-order valence-electron chi connectivity index (χ1n) is 9.66. The van der Waals surface area contributed by atoms with E-state index in [1.165, 1.54) is 10.4 Å². The Morgan fingerprint density at radius 1 is 1.10 bits per heavy atom. The van der Waals surface area contributed by atoms with Crippen LogP contribution in [0, 0.1) is 6.92 Å². The molecule has 0 saturated carbocycles. The number of amides is 1. The molecule has 0 bridgehead atoms. The second-order valence-electron chi connectivity index (χ2n) is 6.86. The molecule has 0 spiro atoms. The van der Waals surface area contributed by atoms with Gasteiger partial charge in [-0.1, -0.05) is 12.1 Å². The lowest BCUT2D eigenvalue weighted by molar-refractivity contribution is -0.118. The fourth-order valence-electron chi connectivity index (χ4n) is 3.18. The van der Waals surface area contributed by atoms with Crippen molar-refractivity contribution in [1.29, 1.82) is 0 Å². The number of carbonyl (C=O) groups is 1. The van der Waals surface area contributed by atoms with Gasteiger partial charge in [-0.25, -0.2) is 8.42 Å². The average Bonchev–Trinajstić information content (AvgIpc) is 3.23. The largest absolute Gasteiger partial charge is 0.492 e. The van der Waals surface area contributed by atoms with Crippen LogP contribution in [0.15, 0.2) is 47.4 Å². The van der Waals surface area contributed by atoms with Crippen molar-refractivity contribution in [2.75, 3.05) is 31.6 Å². The lowest BCUT2D eigenvalue weighted by Gasteiger charge is -2.19. The van der Waals surface area contributed by atoms with Crippen LogP contribution in [-0.2, 0) is 14.8 Å². The summed E-state index contributed by atoms with van der Waals surface area (Å²) in [6, 6.07) is 12.0. The highest BCUT2D eigenvalue weighted by atomic mass is 32.2. The monoisotopic (exact) mass is 418 g/mol. The number of nitrogens with zero attached hydrogens (tertiary/aromatic N) is 1. The highest BCUT2D eigenvalue weighted by Gasteiger charge is 2.30. The molecule has 1 aliphatic rings. The smallest absolute Gasteiger partial charge is 0.262 e. The molecule has 0 aliphatic carbocycles. The number of aryl methyl sites for hydroxylation is 1. The maximum atomic E-state index is 13.0. The average molecular weight is 419 g/mol. The molecule has 1 N–H and O–H groups in total. The van der Waals surface area contributed by atoms with Gasteiger partial charge in [0.2, 0.25) is 10.0 Å². The van der Waals surface area contributed by atoms with Gasteiger partial charge in [0.25, 0.3) is 5.91 Å². The molecule has 7 nitrogen and oxygen atoms in total. The fourth-order valence-corrected chi connectivity index (χ4v) is 4.85. The fraction of sp³-hybridized carbons (Fsp3) is 0.381. The first-order valence-corrected chi connectivity index (χ1v) is 11.1. The third kappa shape index (κ3) is 5.27. The van der Waals surface area contributed by atoms with Gasteiger partial charge < -0.3 is 14.8 Å². The predicted molar refractivity (Wildman–Crippen MR) is 111 cm³/mol. The second kappa shape index (κ2) is 9.28. The first-order chi connectivity index (χ1) is 13.9. The number of anilines is 1. The van der Waals surface area contributed by atoms with Crippen LogP contribution in [0.3, 0.4) is 0 Å². The Bertz CT molecular complexity index is 969. The minimum atomic E-state index is -3.68. The van der Waals surface area contributed by atoms with Crippen LogP contribution < -0.4 is 14.8 Å². The van der Waals surface area contributed by atoms with Gasteiger partial charge in [0.05, 0.1) is 6.61 Å². The number of carbonyl (C=O) groups excluding carboxylic acids is 1. The predicted octanol–water partition coefficient (Wildman–Crippen LogP) is 3.20. The second-order valence-corrected chi connectivity index (χ2v) is 8.77.